The van der Waals surface area contributed by atoms with Crippen LogP contribution >= 0.6 is 35.0 Å². The Hall–Kier alpha value is -2.29. The third-order valence-corrected chi connectivity index (χ3v) is 5.05. The maximum atomic E-state index is 12.2. The van der Waals surface area contributed by atoms with E-state index in [1.165, 1.54) is 30.0 Å². The number of benzene rings is 2. The molecule has 0 saturated heterocycles. The van der Waals surface area contributed by atoms with Gasteiger partial charge in [0.05, 0.1) is 11.0 Å². The second-order valence-corrected chi connectivity index (χ2v) is 7.39. The van der Waals surface area contributed by atoms with Gasteiger partial charge in [0.2, 0.25) is 0 Å². The number of thioether (sulfide) groups is 1. The van der Waals surface area contributed by atoms with Crippen LogP contribution in [0.25, 0.3) is 0 Å². The van der Waals surface area contributed by atoms with Gasteiger partial charge < -0.3 is 10.1 Å². The van der Waals surface area contributed by atoms with Gasteiger partial charge in [-0.15, -0.1) is 11.8 Å². The molecule has 0 radical (unpaired) electrons. The first kappa shape index (κ1) is 22.0. The van der Waals surface area contributed by atoms with E-state index in [-0.39, 0.29) is 11.3 Å². The molecule has 7 nitrogen and oxygen atoms in total. The zero-order valence-corrected chi connectivity index (χ0v) is 17.2. The summed E-state index contributed by atoms with van der Waals surface area (Å²) in [6.45, 7) is 1.12. The molecule has 2 aromatic rings. The maximum Gasteiger partial charge on any atom is 0.345 e. The molecule has 0 aromatic heterocycles. The van der Waals surface area contributed by atoms with Crippen LogP contribution in [0.15, 0.2) is 41.3 Å². The standard InChI is InChI=1S/C18H16Cl2N2O5S/c1-10(13-5-3-11(19)7-15(13)20)21-17(23)9-27-18(24)14-8-12(28-2)4-6-16(14)22(25)26/h3-8,10H,9H2,1-2H3,(H,21,23). The molecular formula is C18H16Cl2N2O5S. The highest BCUT2D eigenvalue weighted by molar-refractivity contribution is 7.98. The number of halogens is 2. The summed E-state index contributed by atoms with van der Waals surface area (Å²) < 4.78 is 4.95. The molecule has 0 aliphatic heterocycles. The number of esters is 1. The molecule has 2 rings (SSSR count). The zero-order chi connectivity index (χ0) is 20.8. The normalized spacial score (nSPS) is 11.6. The molecular weight excluding hydrogens is 427 g/mol. The SMILES string of the molecule is CSc1ccc([N+](=O)[O-])c(C(=O)OCC(=O)NC(C)c2ccc(Cl)cc2Cl)c1. The molecule has 0 fully saturated rings. The summed E-state index contributed by atoms with van der Waals surface area (Å²) in [5, 5.41) is 14.6. The van der Waals surface area contributed by atoms with E-state index < -0.39 is 29.4 Å². The molecule has 28 heavy (non-hydrogen) atoms. The van der Waals surface area contributed by atoms with Crippen molar-refractivity contribution in [1.82, 2.24) is 5.32 Å². The van der Waals surface area contributed by atoms with Crippen molar-refractivity contribution in [1.29, 1.82) is 0 Å². The quantitative estimate of drug-likeness (QED) is 0.289. The molecule has 0 spiro atoms. The largest absolute Gasteiger partial charge is 0.452 e. The minimum Gasteiger partial charge on any atom is -0.452 e. The first-order valence-corrected chi connectivity index (χ1v) is 9.95. The minimum absolute atomic E-state index is 0.210. The molecule has 1 atom stereocenters. The smallest absolute Gasteiger partial charge is 0.345 e. The Morgan fingerprint density at radius 1 is 1.25 bits per heavy atom. The third-order valence-electron chi connectivity index (χ3n) is 3.76. The Bertz CT molecular complexity index is 923. The number of nitrogens with one attached hydrogen (secondary N) is 1. The number of ether oxygens (including phenoxy) is 1. The predicted octanol–water partition coefficient (Wildman–Crippen LogP) is 4.66. The van der Waals surface area contributed by atoms with Gasteiger partial charge in [-0.05, 0) is 43.0 Å². The second-order valence-electron chi connectivity index (χ2n) is 5.67. The van der Waals surface area contributed by atoms with Crippen LogP contribution in [0.2, 0.25) is 10.0 Å². The van der Waals surface area contributed by atoms with Gasteiger partial charge in [0.25, 0.3) is 11.6 Å². The van der Waals surface area contributed by atoms with E-state index in [0.29, 0.717) is 20.5 Å². The first-order valence-electron chi connectivity index (χ1n) is 7.96. The Kier molecular flexibility index (Phi) is 7.68. The van der Waals surface area contributed by atoms with Gasteiger partial charge in [-0.25, -0.2) is 4.79 Å². The van der Waals surface area contributed by atoms with Crippen molar-refractivity contribution in [3.8, 4) is 0 Å². The number of amides is 1. The second kappa shape index (κ2) is 9.77. The van der Waals surface area contributed by atoms with Gasteiger partial charge in [0, 0.05) is 21.0 Å². The molecule has 2 aromatic carbocycles. The average Bonchev–Trinajstić information content (AvgIpc) is 2.65. The van der Waals surface area contributed by atoms with Gasteiger partial charge in [-0.3, -0.25) is 14.9 Å². The summed E-state index contributed by atoms with van der Waals surface area (Å²) in [5.74, 6) is -1.52. The maximum absolute atomic E-state index is 12.2. The van der Waals surface area contributed by atoms with Crippen LogP contribution in [0.5, 0.6) is 0 Å². The molecule has 1 amide bonds. The van der Waals surface area contributed by atoms with E-state index in [1.54, 1.807) is 31.4 Å². The van der Waals surface area contributed by atoms with E-state index >= 15 is 0 Å². The number of hydrogen-bond acceptors (Lipinski definition) is 6. The molecule has 0 heterocycles. The fourth-order valence-corrected chi connectivity index (χ4v) is 3.40. The monoisotopic (exact) mass is 442 g/mol. The molecule has 0 aliphatic carbocycles. The van der Waals surface area contributed by atoms with Crippen LogP contribution in [0.3, 0.4) is 0 Å². The molecule has 1 unspecified atom stereocenters. The lowest BCUT2D eigenvalue weighted by Gasteiger charge is -2.16. The lowest BCUT2D eigenvalue weighted by Crippen LogP contribution is -2.31. The van der Waals surface area contributed by atoms with Crippen molar-refractivity contribution in [3.05, 3.63) is 67.7 Å². The van der Waals surface area contributed by atoms with E-state index in [2.05, 4.69) is 5.32 Å². The van der Waals surface area contributed by atoms with Crippen molar-refractivity contribution in [2.45, 2.75) is 17.9 Å². The third kappa shape index (κ3) is 5.60. The lowest BCUT2D eigenvalue weighted by atomic mass is 10.1. The van der Waals surface area contributed by atoms with E-state index in [0.717, 1.165) is 0 Å². The van der Waals surface area contributed by atoms with Crippen molar-refractivity contribution in [3.63, 3.8) is 0 Å². The minimum atomic E-state index is -0.949. The summed E-state index contributed by atoms with van der Waals surface area (Å²) in [6.07, 6.45) is 1.77. The van der Waals surface area contributed by atoms with E-state index in [4.69, 9.17) is 27.9 Å². The fraction of sp³-hybridized carbons (Fsp3) is 0.222. The Morgan fingerprint density at radius 2 is 1.96 bits per heavy atom. The van der Waals surface area contributed by atoms with Gasteiger partial charge in [-0.2, -0.15) is 0 Å². The van der Waals surface area contributed by atoms with Gasteiger partial charge in [0.15, 0.2) is 6.61 Å². The zero-order valence-electron chi connectivity index (χ0n) is 14.9. The Labute approximate surface area is 175 Å². The highest BCUT2D eigenvalue weighted by Crippen LogP contribution is 2.27. The number of carbonyl (C=O) groups excluding carboxylic acids is 2. The molecule has 0 aliphatic rings. The van der Waals surface area contributed by atoms with Crippen molar-refractivity contribution in [2.75, 3.05) is 12.9 Å². The Balaban J connectivity index is 2.02. The lowest BCUT2D eigenvalue weighted by molar-refractivity contribution is -0.385. The number of hydrogen-bond donors (Lipinski definition) is 1. The number of carbonyl (C=O) groups is 2. The average molecular weight is 443 g/mol. The number of nitrogens with zero attached hydrogens (tertiary/aromatic N) is 1. The van der Waals surface area contributed by atoms with E-state index in [1.807, 2.05) is 0 Å². The van der Waals surface area contributed by atoms with Crippen LogP contribution in [-0.4, -0.2) is 29.7 Å². The molecule has 1 N–H and O–H groups in total. The van der Waals surface area contributed by atoms with Crippen LogP contribution in [0.1, 0.15) is 28.9 Å². The van der Waals surface area contributed by atoms with Crippen molar-refractivity contribution < 1.29 is 19.2 Å². The van der Waals surface area contributed by atoms with Crippen LogP contribution in [0.4, 0.5) is 5.69 Å². The summed E-state index contributed by atoms with van der Waals surface area (Å²) in [4.78, 5) is 35.4. The molecule has 10 heteroatoms. The summed E-state index contributed by atoms with van der Waals surface area (Å²) in [7, 11) is 0. The Morgan fingerprint density at radius 3 is 2.57 bits per heavy atom. The van der Waals surface area contributed by atoms with Crippen molar-refractivity contribution >= 4 is 52.5 Å². The fourth-order valence-electron chi connectivity index (χ4n) is 2.39. The predicted molar refractivity (Wildman–Crippen MR) is 108 cm³/mol. The van der Waals surface area contributed by atoms with Gasteiger partial charge in [0.1, 0.15) is 5.56 Å². The number of nitro groups is 1. The summed E-state index contributed by atoms with van der Waals surface area (Å²) in [6, 6.07) is 8.54. The molecule has 148 valence electrons. The van der Waals surface area contributed by atoms with Gasteiger partial charge in [-0.1, -0.05) is 29.3 Å². The first-order chi connectivity index (χ1) is 13.2. The highest BCUT2D eigenvalue weighted by Gasteiger charge is 2.23. The summed E-state index contributed by atoms with van der Waals surface area (Å²) in [5.41, 5.74) is 0.0528. The molecule has 0 bridgehead atoms. The molecule has 0 saturated carbocycles. The van der Waals surface area contributed by atoms with Crippen LogP contribution in [-0.2, 0) is 9.53 Å². The topological polar surface area (TPSA) is 98.5 Å². The van der Waals surface area contributed by atoms with Crippen LogP contribution in [0, 0.1) is 10.1 Å². The number of nitro benzene ring substituents is 1. The van der Waals surface area contributed by atoms with Crippen LogP contribution < -0.4 is 5.32 Å². The number of rotatable bonds is 7. The van der Waals surface area contributed by atoms with E-state index in [9.17, 15) is 19.7 Å². The van der Waals surface area contributed by atoms with Crippen molar-refractivity contribution in [2.24, 2.45) is 0 Å². The highest BCUT2D eigenvalue weighted by atomic mass is 35.5. The summed E-state index contributed by atoms with van der Waals surface area (Å²) >= 11 is 13.3. The van der Waals surface area contributed by atoms with Gasteiger partial charge >= 0.3 is 5.97 Å².